The molecule has 0 unspecified atom stereocenters. The number of carbonyl (C=O) groups excluding carboxylic acids is 2. The Hall–Kier alpha value is -3.21. The van der Waals surface area contributed by atoms with E-state index in [1.165, 1.54) is 7.11 Å². The number of nitrogens with one attached hydrogen (secondary N) is 1. The molecule has 0 saturated heterocycles. The molecule has 0 fully saturated rings. The normalized spacial score (nSPS) is 10.3. The molecule has 3 rings (SSSR count). The Balaban J connectivity index is 1.78. The van der Waals surface area contributed by atoms with Crippen LogP contribution in [0.25, 0.3) is 10.9 Å². The second kappa shape index (κ2) is 6.27. The highest BCUT2D eigenvalue weighted by Crippen LogP contribution is 2.15. The van der Waals surface area contributed by atoms with Crippen LogP contribution in [-0.4, -0.2) is 24.0 Å². The van der Waals surface area contributed by atoms with Gasteiger partial charge in [0.25, 0.3) is 5.91 Å². The van der Waals surface area contributed by atoms with Gasteiger partial charge < -0.3 is 10.1 Å². The third-order valence-corrected chi connectivity index (χ3v) is 3.41. The van der Waals surface area contributed by atoms with E-state index in [9.17, 15) is 9.59 Å². The van der Waals surface area contributed by atoms with Crippen molar-refractivity contribution in [3.63, 3.8) is 0 Å². The Labute approximate surface area is 132 Å². The highest BCUT2D eigenvalue weighted by Gasteiger charge is 2.10. The van der Waals surface area contributed by atoms with Gasteiger partial charge in [-0.05, 0) is 42.5 Å². The Bertz CT molecular complexity index is 873. The Morgan fingerprint density at radius 3 is 2.35 bits per heavy atom. The first-order valence-corrected chi connectivity index (χ1v) is 7.03. The Morgan fingerprint density at radius 2 is 1.61 bits per heavy atom. The maximum Gasteiger partial charge on any atom is 0.337 e. The number of hydrogen-bond donors (Lipinski definition) is 1. The van der Waals surface area contributed by atoms with Crippen molar-refractivity contribution in [3.8, 4) is 0 Å². The van der Waals surface area contributed by atoms with Crippen LogP contribution in [-0.2, 0) is 4.74 Å². The molecule has 0 spiro atoms. The number of pyridine rings is 1. The molecule has 1 amide bonds. The number of nitrogens with zero attached hydrogens (tertiary/aromatic N) is 1. The number of esters is 1. The molecule has 0 saturated carbocycles. The average molecular weight is 306 g/mol. The number of methoxy groups -OCH3 is 1. The van der Waals surface area contributed by atoms with Gasteiger partial charge in [-0.3, -0.25) is 4.79 Å². The molecule has 5 nitrogen and oxygen atoms in total. The van der Waals surface area contributed by atoms with Crippen molar-refractivity contribution in [2.24, 2.45) is 0 Å². The van der Waals surface area contributed by atoms with Gasteiger partial charge in [-0.25, -0.2) is 9.78 Å². The van der Waals surface area contributed by atoms with Gasteiger partial charge >= 0.3 is 5.97 Å². The fourth-order valence-electron chi connectivity index (χ4n) is 2.20. The molecule has 0 aliphatic carbocycles. The van der Waals surface area contributed by atoms with Crippen LogP contribution in [0.3, 0.4) is 0 Å². The SMILES string of the molecule is COC(=O)c1ccc(C(=O)Nc2ccc3ccccc3n2)cc1. The molecule has 2 aromatic carbocycles. The van der Waals surface area contributed by atoms with Crippen LogP contribution in [0.5, 0.6) is 0 Å². The highest BCUT2D eigenvalue weighted by molar-refractivity contribution is 6.04. The van der Waals surface area contributed by atoms with Gasteiger partial charge in [0.1, 0.15) is 5.82 Å². The van der Waals surface area contributed by atoms with Crippen LogP contribution in [0, 0.1) is 0 Å². The van der Waals surface area contributed by atoms with Crippen LogP contribution in [0.15, 0.2) is 60.7 Å². The smallest absolute Gasteiger partial charge is 0.337 e. The molecule has 1 heterocycles. The molecule has 23 heavy (non-hydrogen) atoms. The second-order valence-corrected chi connectivity index (χ2v) is 4.91. The summed E-state index contributed by atoms with van der Waals surface area (Å²) in [7, 11) is 1.31. The monoisotopic (exact) mass is 306 g/mol. The summed E-state index contributed by atoms with van der Waals surface area (Å²) in [5.41, 5.74) is 1.65. The summed E-state index contributed by atoms with van der Waals surface area (Å²) in [6.45, 7) is 0. The van der Waals surface area contributed by atoms with Crippen LogP contribution >= 0.6 is 0 Å². The van der Waals surface area contributed by atoms with Crippen molar-refractivity contribution in [2.45, 2.75) is 0 Å². The zero-order valence-corrected chi connectivity index (χ0v) is 12.4. The van der Waals surface area contributed by atoms with Crippen molar-refractivity contribution >= 4 is 28.6 Å². The molecule has 1 aromatic heterocycles. The molecule has 114 valence electrons. The van der Waals surface area contributed by atoms with Crippen molar-refractivity contribution in [3.05, 3.63) is 71.8 Å². The van der Waals surface area contributed by atoms with E-state index in [0.29, 0.717) is 16.9 Å². The van der Waals surface area contributed by atoms with Gasteiger partial charge in [0.05, 0.1) is 18.2 Å². The highest BCUT2D eigenvalue weighted by atomic mass is 16.5. The standard InChI is InChI=1S/C18H14N2O3/c1-23-18(22)14-8-6-13(7-9-14)17(21)20-16-11-10-12-4-2-3-5-15(12)19-16/h2-11H,1H3,(H,19,20,21). The number of para-hydroxylation sites is 1. The van der Waals surface area contributed by atoms with Gasteiger partial charge in [-0.15, -0.1) is 0 Å². The van der Waals surface area contributed by atoms with E-state index in [0.717, 1.165) is 10.9 Å². The molecule has 0 bridgehead atoms. The molecule has 5 heteroatoms. The number of carbonyl (C=O) groups is 2. The first-order chi connectivity index (χ1) is 11.2. The van der Waals surface area contributed by atoms with Gasteiger partial charge in [0.15, 0.2) is 0 Å². The predicted molar refractivity (Wildman–Crippen MR) is 87.5 cm³/mol. The maximum atomic E-state index is 12.2. The third-order valence-electron chi connectivity index (χ3n) is 3.41. The van der Waals surface area contributed by atoms with E-state index in [1.807, 2.05) is 30.3 Å². The lowest BCUT2D eigenvalue weighted by molar-refractivity contribution is 0.0600. The quantitative estimate of drug-likeness (QED) is 0.754. The van der Waals surface area contributed by atoms with Gasteiger partial charge in [0, 0.05) is 10.9 Å². The van der Waals surface area contributed by atoms with Gasteiger partial charge in [0.2, 0.25) is 0 Å². The number of fused-ring (bicyclic) bond motifs is 1. The van der Waals surface area contributed by atoms with Crippen molar-refractivity contribution in [2.75, 3.05) is 12.4 Å². The van der Waals surface area contributed by atoms with Crippen LogP contribution in [0.1, 0.15) is 20.7 Å². The largest absolute Gasteiger partial charge is 0.465 e. The predicted octanol–water partition coefficient (Wildman–Crippen LogP) is 3.27. The first-order valence-electron chi connectivity index (χ1n) is 7.03. The van der Waals surface area contributed by atoms with Crippen molar-refractivity contribution < 1.29 is 14.3 Å². The molecule has 1 N–H and O–H groups in total. The van der Waals surface area contributed by atoms with E-state index < -0.39 is 5.97 Å². The summed E-state index contributed by atoms with van der Waals surface area (Å²) in [6.07, 6.45) is 0. The molecule has 0 aliphatic heterocycles. The lowest BCUT2D eigenvalue weighted by atomic mass is 10.1. The maximum absolute atomic E-state index is 12.2. The zero-order valence-electron chi connectivity index (χ0n) is 12.4. The van der Waals surface area contributed by atoms with E-state index in [2.05, 4.69) is 15.0 Å². The number of amides is 1. The minimum absolute atomic E-state index is 0.288. The number of benzene rings is 2. The third kappa shape index (κ3) is 3.18. The Kier molecular flexibility index (Phi) is 4.01. The molecular weight excluding hydrogens is 292 g/mol. The van der Waals surface area contributed by atoms with Gasteiger partial charge in [-0.1, -0.05) is 18.2 Å². The van der Waals surface area contributed by atoms with Crippen LogP contribution in [0.2, 0.25) is 0 Å². The molecule has 0 radical (unpaired) electrons. The molecule has 3 aromatic rings. The summed E-state index contributed by atoms with van der Waals surface area (Å²) >= 11 is 0. The van der Waals surface area contributed by atoms with Crippen LogP contribution in [0.4, 0.5) is 5.82 Å². The summed E-state index contributed by atoms with van der Waals surface area (Å²) in [4.78, 5) is 28.0. The first kappa shape index (κ1) is 14.7. The van der Waals surface area contributed by atoms with Crippen LogP contribution < -0.4 is 5.32 Å². The molecule has 0 atom stereocenters. The fourth-order valence-corrected chi connectivity index (χ4v) is 2.20. The van der Waals surface area contributed by atoms with Crippen molar-refractivity contribution in [1.82, 2.24) is 4.98 Å². The summed E-state index contributed by atoms with van der Waals surface area (Å²) in [5.74, 6) is -0.247. The lowest BCUT2D eigenvalue weighted by Crippen LogP contribution is -2.13. The lowest BCUT2D eigenvalue weighted by Gasteiger charge is -2.06. The number of ether oxygens (including phenoxy) is 1. The zero-order chi connectivity index (χ0) is 16.2. The topological polar surface area (TPSA) is 68.3 Å². The minimum Gasteiger partial charge on any atom is -0.465 e. The van der Waals surface area contributed by atoms with E-state index >= 15 is 0 Å². The summed E-state index contributed by atoms with van der Waals surface area (Å²) < 4.78 is 4.62. The van der Waals surface area contributed by atoms with Crippen molar-refractivity contribution in [1.29, 1.82) is 0 Å². The Morgan fingerprint density at radius 1 is 0.913 bits per heavy atom. The number of aromatic nitrogens is 1. The van der Waals surface area contributed by atoms with E-state index in [4.69, 9.17) is 0 Å². The molecular formula is C18H14N2O3. The van der Waals surface area contributed by atoms with E-state index in [1.54, 1.807) is 30.3 Å². The number of anilines is 1. The molecule has 0 aliphatic rings. The second-order valence-electron chi connectivity index (χ2n) is 4.91. The van der Waals surface area contributed by atoms with Gasteiger partial charge in [-0.2, -0.15) is 0 Å². The minimum atomic E-state index is -0.437. The summed E-state index contributed by atoms with van der Waals surface area (Å²) in [6, 6.07) is 17.6. The number of rotatable bonds is 3. The number of hydrogen-bond acceptors (Lipinski definition) is 4. The summed E-state index contributed by atoms with van der Waals surface area (Å²) in [5, 5.41) is 3.75. The van der Waals surface area contributed by atoms with E-state index in [-0.39, 0.29) is 5.91 Å². The average Bonchev–Trinajstić information content (AvgIpc) is 2.61. The fraction of sp³-hybridized carbons (Fsp3) is 0.0556.